The van der Waals surface area contributed by atoms with Gasteiger partial charge in [-0.25, -0.2) is 0 Å². The first-order valence-electron chi connectivity index (χ1n) is 7.35. The van der Waals surface area contributed by atoms with E-state index in [-0.39, 0.29) is 12.6 Å². The van der Waals surface area contributed by atoms with Gasteiger partial charge in [-0.15, -0.1) is 0 Å². The third-order valence-corrected chi connectivity index (χ3v) is 3.03. The average Bonchev–Trinajstić information content (AvgIpc) is 2.31. The van der Waals surface area contributed by atoms with Crippen LogP contribution in [-0.2, 0) is 4.74 Å². The topological polar surface area (TPSA) is 35.2 Å². The van der Waals surface area contributed by atoms with Gasteiger partial charge in [0.1, 0.15) is 6.61 Å². The second-order valence-corrected chi connectivity index (χ2v) is 5.15. The Hall–Kier alpha value is -0.290. The predicted molar refractivity (Wildman–Crippen MR) is 72.1 cm³/mol. The number of nitrogens with two attached hydrogens (primary N) is 1. The summed E-state index contributed by atoms with van der Waals surface area (Å²) in [5, 5.41) is 0. The summed E-state index contributed by atoms with van der Waals surface area (Å²) in [6, 6.07) is -0.276. The van der Waals surface area contributed by atoms with Crippen LogP contribution in [0.1, 0.15) is 64.7 Å². The maximum absolute atomic E-state index is 11.8. The second-order valence-electron chi connectivity index (χ2n) is 5.15. The number of rotatable bonds is 12. The predicted octanol–water partition coefficient (Wildman–Crippen LogP) is 4.42. The Bertz CT molecular complexity index is 198. The van der Waals surface area contributed by atoms with E-state index in [1.807, 2.05) is 0 Å². The van der Waals surface area contributed by atoms with E-state index in [1.165, 1.54) is 38.5 Å². The average molecular weight is 283 g/mol. The van der Waals surface area contributed by atoms with Crippen LogP contribution >= 0.6 is 0 Å². The zero-order valence-electron chi connectivity index (χ0n) is 12.0. The van der Waals surface area contributed by atoms with E-state index >= 15 is 0 Å². The highest BCUT2D eigenvalue weighted by Gasteiger charge is 2.27. The summed E-state index contributed by atoms with van der Waals surface area (Å²) in [5.41, 5.74) is 5.69. The lowest BCUT2D eigenvalue weighted by atomic mass is 10.1. The summed E-state index contributed by atoms with van der Waals surface area (Å²) in [7, 11) is 0. The van der Waals surface area contributed by atoms with Crippen molar-refractivity contribution in [3.8, 4) is 0 Å². The van der Waals surface area contributed by atoms with Crippen LogP contribution in [0.15, 0.2) is 0 Å². The van der Waals surface area contributed by atoms with Crippen LogP contribution in [-0.4, -0.2) is 25.4 Å². The lowest BCUT2D eigenvalue weighted by Crippen LogP contribution is -2.29. The van der Waals surface area contributed by atoms with Crippen molar-refractivity contribution in [1.29, 1.82) is 0 Å². The zero-order valence-corrected chi connectivity index (χ0v) is 12.0. The maximum atomic E-state index is 11.8. The molecule has 0 aliphatic heterocycles. The normalized spacial score (nSPS) is 13.7. The van der Waals surface area contributed by atoms with Crippen molar-refractivity contribution in [3.05, 3.63) is 0 Å². The molecule has 0 rings (SSSR count). The van der Waals surface area contributed by atoms with Crippen LogP contribution < -0.4 is 5.73 Å². The molecule has 0 radical (unpaired) electrons. The third kappa shape index (κ3) is 15.7. The van der Waals surface area contributed by atoms with Gasteiger partial charge in [0.2, 0.25) is 0 Å². The quantitative estimate of drug-likeness (QED) is 0.538. The van der Waals surface area contributed by atoms with E-state index < -0.39 is 12.8 Å². The van der Waals surface area contributed by atoms with Crippen LogP contribution in [0.25, 0.3) is 0 Å². The van der Waals surface area contributed by atoms with Crippen LogP contribution in [0.2, 0.25) is 0 Å². The minimum absolute atomic E-state index is 0.00396. The molecule has 0 saturated heterocycles. The third-order valence-electron chi connectivity index (χ3n) is 3.03. The van der Waals surface area contributed by atoms with Gasteiger partial charge in [-0.05, 0) is 6.42 Å². The Kier molecular flexibility index (Phi) is 11.4. The number of alkyl halides is 3. The van der Waals surface area contributed by atoms with Crippen LogP contribution in [0.5, 0.6) is 0 Å². The Balaban J connectivity index is 3.23. The number of ether oxygens (including phenoxy) is 1. The molecule has 5 heteroatoms. The second kappa shape index (κ2) is 11.5. The van der Waals surface area contributed by atoms with E-state index in [0.29, 0.717) is 0 Å². The molecule has 0 aliphatic rings. The Morgan fingerprint density at radius 1 is 0.947 bits per heavy atom. The van der Waals surface area contributed by atoms with Crippen molar-refractivity contribution in [2.75, 3.05) is 13.2 Å². The lowest BCUT2D eigenvalue weighted by Gasteiger charge is -2.13. The van der Waals surface area contributed by atoms with Gasteiger partial charge in [0.15, 0.2) is 0 Å². The molecule has 0 aromatic rings. The minimum atomic E-state index is -4.25. The lowest BCUT2D eigenvalue weighted by molar-refractivity contribution is -0.174. The van der Waals surface area contributed by atoms with Gasteiger partial charge in [-0.3, -0.25) is 0 Å². The van der Waals surface area contributed by atoms with Crippen molar-refractivity contribution < 1.29 is 17.9 Å². The van der Waals surface area contributed by atoms with Crippen molar-refractivity contribution in [2.24, 2.45) is 5.73 Å². The monoisotopic (exact) mass is 283 g/mol. The fourth-order valence-electron chi connectivity index (χ4n) is 1.95. The van der Waals surface area contributed by atoms with E-state index in [0.717, 1.165) is 19.3 Å². The molecule has 2 N–H and O–H groups in total. The Labute approximate surface area is 114 Å². The summed E-state index contributed by atoms with van der Waals surface area (Å²) < 4.78 is 40.0. The zero-order chi connectivity index (χ0) is 14.6. The Morgan fingerprint density at radius 2 is 1.47 bits per heavy atom. The fourth-order valence-corrected chi connectivity index (χ4v) is 1.95. The molecule has 19 heavy (non-hydrogen) atoms. The number of hydrogen-bond acceptors (Lipinski definition) is 2. The molecule has 116 valence electrons. The van der Waals surface area contributed by atoms with Gasteiger partial charge in [-0.1, -0.05) is 58.3 Å². The van der Waals surface area contributed by atoms with Crippen molar-refractivity contribution in [2.45, 2.75) is 76.9 Å². The van der Waals surface area contributed by atoms with Crippen LogP contribution in [0, 0.1) is 0 Å². The smallest absolute Gasteiger partial charge is 0.370 e. The molecule has 1 atom stereocenters. The van der Waals surface area contributed by atoms with E-state index in [1.54, 1.807) is 0 Å². The van der Waals surface area contributed by atoms with Gasteiger partial charge in [0.25, 0.3) is 0 Å². The van der Waals surface area contributed by atoms with Gasteiger partial charge in [-0.2, -0.15) is 13.2 Å². The molecule has 2 nitrogen and oxygen atoms in total. The van der Waals surface area contributed by atoms with Crippen molar-refractivity contribution in [1.82, 2.24) is 0 Å². The number of unbranched alkanes of at least 4 members (excludes halogenated alkanes) is 7. The van der Waals surface area contributed by atoms with E-state index in [9.17, 15) is 13.2 Å². The standard InChI is InChI=1S/C14H28F3NO/c1-2-3-4-5-6-7-8-9-10-13(18)11-19-12-14(15,16)17/h13H,2-12,18H2,1H3. The van der Waals surface area contributed by atoms with Crippen molar-refractivity contribution in [3.63, 3.8) is 0 Å². The summed E-state index contributed by atoms with van der Waals surface area (Å²) in [4.78, 5) is 0. The summed E-state index contributed by atoms with van der Waals surface area (Å²) in [6.45, 7) is 0.996. The summed E-state index contributed by atoms with van der Waals surface area (Å²) in [6.07, 6.45) is 6.18. The molecule has 0 amide bonds. The number of hydrogen-bond donors (Lipinski definition) is 1. The first-order chi connectivity index (χ1) is 8.95. The molecule has 0 aliphatic carbocycles. The van der Waals surface area contributed by atoms with E-state index in [4.69, 9.17) is 5.73 Å². The molecule has 0 aromatic carbocycles. The van der Waals surface area contributed by atoms with Gasteiger partial charge in [0.05, 0.1) is 6.61 Å². The largest absolute Gasteiger partial charge is 0.411 e. The highest BCUT2D eigenvalue weighted by atomic mass is 19.4. The molecule has 0 aromatic heterocycles. The summed E-state index contributed by atoms with van der Waals surface area (Å²) in [5.74, 6) is 0. The molecular formula is C14H28F3NO. The van der Waals surface area contributed by atoms with Crippen molar-refractivity contribution >= 4 is 0 Å². The maximum Gasteiger partial charge on any atom is 0.411 e. The molecule has 0 bridgehead atoms. The number of halogens is 3. The highest BCUT2D eigenvalue weighted by Crippen LogP contribution is 2.15. The Morgan fingerprint density at radius 3 is 2.00 bits per heavy atom. The summed E-state index contributed by atoms with van der Waals surface area (Å²) >= 11 is 0. The molecule has 0 saturated carbocycles. The fraction of sp³-hybridized carbons (Fsp3) is 1.00. The molecule has 0 spiro atoms. The molecule has 0 heterocycles. The SMILES string of the molecule is CCCCCCCCCCC(N)COCC(F)(F)F. The molecule has 0 fully saturated rings. The van der Waals surface area contributed by atoms with Crippen LogP contribution in [0.3, 0.4) is 0 Å². The highest BCUT2D eigenvalue weighted by molar-refractivity contribution is 4.61. The molecule has 1 unspecified atom stereocenters. The van der Waals surface area contributed by atoms with Gasteiger partial charge < -0.3 is 10.5 Å². The van der Waals surface area contributed by atoms with E-state index in [2.05, 4.69) is 11.7 Å². The van der Waals surface area contributed by atoms with Crippen LogP contribution in [0.4, 0.5) is 13.2 Å². The first kappa shape index (κ1) is 18.7. The van der Waals surface area contributed by atoms with Gasteiger partial charge >= 0.3 is 6.18 Å². The molecular weight excluding hydrogens is 255 g/mol. The first-order valence-corrected chi connectivity index (χ1v) is 7.35. The minimum Gasteiger partial charge on any atom is -0.370 e. The van der Waals surface area contributed by atoms with Gasteiger partial charge in [0, 0.05) is 6.04 Å².